The number of fused-ring (bicyclic) bond motifs is 8. The van der Waals surface area contributed by atoms with Gasteiger partial charge in [0.15, 0.2) is 0 Å². The molecular weight excluding hydrogens is 160 g/mol. The van der Waals surface area contributed by atoms with E-state index in [4.69, 9.17) is 4.74 Å². The Kier molecular flexibility index (Phi) is 0.859. The van der Waals surface area contributed by atoms with Gasteiger partial charge in [0.25, 0.3) is 0 Å². The maximum atomic E-state index is 6.09. The molecule has 13 heavy (non-hydrogen) atoms. The first-order valence-corrected chi connectivity index (χ1v) is 5.08. The van der Waals surface area contributed by atoms with Gasteiger partial charge in [0.2, 0.25) is 0 Å². The van der Waals surface area contributed by atoms with Crippen molar-refractivity contribution in [1.82, 2.24) is 0 Å². The second-order valence-corrected chi connectivity index (χ2v) is 4.74. The molecule has 0 radical (unpaired) electrons. The minimum absolute atomic E-state index is 0.0753. The summed E-state index contributed by atoms with van der Waals surface area (Å²) in [6.45, 7) is 2.27. The average molecular weight is 172 g/mol. The highest BCUT2D eigenvalue weighted by Crippen LogP contribution is 2.71. The van der Waals surface area contributed by atoms with Gasteiger partial charge in [-0.15, -0.1) is 0 Å². The SMILES string of the molecule is C[C@]12O[C@H](c3ccccc31)[C@H]1C[C@H]12. The predicted molar refractivity (Wildman–Crippen MR) is 49.2 cm³/mol. The van der Waals surface area contributed by atoms with Gasteiger partial charge in [-0.1, -0.05) is 24.3 Å². The minimum Gasteiger partial charge on any atom is -0.362 e. The van der Waals surface area contributed by atoms with Crippen LogP contribution in [0.2, 0.25) is 0 Å². The molecule has 1 aromatic carbocycles. The van der Waals surface area contributed by atoms with E-state index in [1.54, 1.807) is 0 Å². The van der Waals surface area contributed by atoms with E-state index in [0.717, 1.165) is 11.8 Å². The number of hydrogen-bond donors (Lipinski definition) is 0. The summed E-state index contributed by atoms with van der Waals surface area (Å²) in [5.41, 5.74) is 2.99. The summed E-state index contributed by atoms with van der Waals surface area (Å²) >= 11 is 0. The Bertz CT molecular complexity index is 398. The molecule has 1 nitrogen and oxygen atoms in total. The van der Waals surface area contributed by atoms with Crippen molar-refractivity contribution in [3.63, 3.8) is 0 Å². The molecule has 4 rings (SSSR count). The van der Waals surface area contributed by atoms with E-state index in [1.165, 1.54) is 17.5 Å². The number of hydrogen-bond acceptors (Lipinski definition) is 1. The van der Waals surface area contributed by atoms with Gasteiger partial charge in [0.1, 0.15) is 0 Å². The van der Waals surface area contributed by atoms with Gasteiger partial charge in [-0.05, 0) is 36.3 Å². The minimum atomic E-state index is 0.0753. The average Bonchev–Trinajstić information content (AvgIpc) is 2.84. The van der Waals surface area contributed by atoms with E-state index in [1.807, 2.05) is 0 Å². The highest BCUT2D eigenvalue weighted by molar-refractivity contribution is 5.44. The molecular formula is C12H12O. The Morgan fingerprint density at radius 1 is 1.38 bits per heavy atom. The molecule has 1 saturated carbocycles. The van der Waals surface area contributed by atoms with E-state index in [2.05, 4.69) is 31.2 Å². The summed E-state index contributed by atoms with van der Waals surface area (Å²) in [4.78, 5) is 0. The monoisotopic (exact) mass is 172 g/mol. The van der Waals surface area contributed by atoms with Crippen molar-refractivity contribution in [2.24, 2.45) is 11.8 Å². The summed E-state index contributed by atoms with van der Waals surface area (Å²) in [6.07, 6.45) is 1.82. The second-order valence-electron chi connectivity index (χ2n) is 4.74. The highest BCUT2D eigenvalue weighted by atomic mass is 16.5. The summed E-state index contributed by atoms with van der Waals surface area (Å²) in [7, 11) is 0. The van der Waals surface area contributed by atoms with Crippen LogP contribution in [0.15, 0.2) is 24.3 Å². The third-order valence-electron chi connectivity index (χ3n) is 4.11. The van der Waals surface area contributed by atoms with Gasteiger partial charge < -0.3 is 4.74 Å². The van der Waals surface area contributed by atoms with E-state index < -0.39 is 0 Å². The lowest BCUT2D eigenvalue weighted by Crippen LogP contribution is -2.21. The molecule has 66 valence electrons. The van der Waals surface area contributed by atoms with Crippen molar-refractivity contribution in [3.05, 3.63) is 35.4 Å². The third kappa shape index (κ3) is 0.556. The number of benzene rings is 1. The normalized spacial score (nSPS) is 48.8. The van der Waals surface area contributed by atoms with E-state index in [9.17, 15) is 0 Å². The van der Waals surface area contributed by atoms with Crippen LogP contribution in [0, 0.1) is 11.8 Å². The van der Waals surface area contributed by atoms with Crippen LogP contribution in [0.4, 0.5) is 0 Å². The van der Waals surface area contributed by atoms with Crippen molar-refractivity contribution in [3.8, 4) is 0 Å². The van der Waals surface area contributed by atoms with E-state index in [0.29, 0.717) is 6.10 Å². The molecule has 0 amide bonds. The lowest BCUT2D eigenvalue weighted by atomic mass is 9.83. The van der Waals surface area contributed by atoms with Gasteiger partial charge in [0, 0.05) is 0 Å². The largest absolute Gasteiger partial charge is 0.362 e. The third-order valence-corrected chi connectivity index (χ3v) is 4.11. The fraction of sp³-hybridized carbons (Fsp3) is 0.500. The van der Waals surface area contributed by atoms with Crippen molar-refractivity contribution < 1.29 is 4.74 Å². The molecule has 1 aromatic rings. The fourth-order valence-corrected chi connectivity index (χ4v) is 3.38. The Labute approximate surface area is 77.7 Å². The molecule has 1 saturated heterocycles. The van der Waals surface area contributed by atoms with Crippen molar-refractivity contribution >= 4 is 0 Å². The van der Waals surface area contributed by atoms with Gasteiger partial charge in [-0.3, -0.25) is 0 Å². The highest BCUT2D eigenvalue weighted by Gasteiger charge is 2.67. The lowest BCUT2D eigenvalue weighted by Gasteiger charge is -2.22. The molecule has 0 N–H and O–H groups in total. The Balaban J connectivity index is 2.05. The van der Waals surface area contributed by atoms with Crippen LogP contribution in [0.5, 0.6) is 0 Å². The molecule has 2 bridgehead atoms. The van der Waals surface area contributed by atoms with Crippen LogP contribution in [0.25, 0.3) is 0 Å². The van der Waals surface area contributed by atoms with Crippen molar-refractivity contribution in [2.45, 2.75) is 25.0 Å². The quantitative estimate of drug-likeness (QED) is 0.584. The zero-order valence-corrected chi connectivity index (χ0v) is 7.66. The first-order valence-electron chi connectivity index (χ1n) is 5.08. The molecule has 1 aliphatic carbocycles. The summed E-state index contributed by atoms with van der Waals surface area (Å²) in [5, 5.41) is 0. The van der Waals surface area contributed by atoms with Gasteiger partial charge in [-0.25, -0.2) is 0 Å². The van der Waals surface area contributed by atoms with Gasteiger partial charge >= 0.3 is 0 Å². The summed E-state index contributed by atoms with van der Waals surface area (Å²) in [5.74, 6) is 1.67. The number of rotatable bonds is 0. The van der Waals surface area contributed by atoms with E-state index >= 15 is 0 Å². The zero-order valence-electron chi connectivity index (χ0n) is 7.66. The molecule has 0 aromatic heterocycles. The maximum Gasteiger partial charge on any atom is 0.0947 e. The van der Waals surface area contributed by atoms with Crippen LogP contribution in [0.1, 0.15) is 30.6 Å². The van der Waals surface area contributed by atoms with Crippen molar-refractivity contribution in [1.29, 1.82) is 0 Å². The molecule has 3 aliphatic rings. The summed E-state index contributed by atoms with van der Waals surface area (Å²) in [6, 6.07) is 8.73. The van der Waals surface area contributed by atoms with Gasteiger partial charge in [0.05, 0.1) is 11.7 Å². The van der Waals surface area contributed by atoms with Crippen LogP contribution in [0.3, 0.4) is 0 Å². The molecule has 2 fully saturated rings. The van der Waals surface area contributed by atoms with Crippen LogP contribution < -0.4 is 0 Å². The van der Waals surface area contributed by atoms with Crippen LogP contribution in [-0.4, -0.2) is 0 Å². The van der Waals surface area contributed by atoms with Gasteiger partial charge in [-0.2, -0.15) is 0 Å². The Hall–Kier alpha value is -0.820. The Morgan fingerprint density at radius 3 is 3.15 bits per heavy atom. The lowest BCUT2D eigenvalue weighted by molar-refractivity contribution is -0.0382. The maximum absolute atomic E-state index is 6.09. The second kappa shape index (κ2) is 1.69. The molecule has 4 atom stereocenters. The zero-order chi connectivity index (χ0) is 8.63. The standard InChI is InChI=1S/C12H12O/c1-12-9-5-3-2-4-7(9)11(13-12)8-6-10(8)12/h2-5,8,10-11H,6H2,1H3/t8-,10+,11+,12-/m0/s1. The fourth-order valence-electron chi connectivity index (χ4n) is 3.38. The number of ether oxygens (including phenoxy) is 1. The van der Waals surface area contributed by atoms with Crippen LogP contribution >= 0.6 is 0 Å². The van der Waals surface area contributed by atoms with Crippen LogP contribution in [-0.2, 0) is 10.3 Å². The topological polar surface area (TPSA) is 9.23 Å². The molecule has 0 spiro atoms. The van der Waals surface area contributed by atoms with Crippen molar-refractivity contribution in [2.75, 3.05) is 0 Å². The first-order chi connectivity index (χ1) is 6.31. The molecule has 2 aliphatic heterocycles. The summed E-state index contributed by atoms with van der Waals surface area (Å²) < 4.78 is 6.09. The first kappa shape index (κ1) is 6.61. The Morgan fingerprint density at radius 2 is 2.23 bits per heavy atom. The predicted octanol–water partition coefficient (Wildman–Crippen LogP) is 2.62. The van der Waals surface area contributed by atoms with E-state index in [-0.39, 0.29) is 5.60 Å². The smallest absolute Gasteiger partial charge is 0.0947 e. The molecule has 1 heteroatoms. The molecule has 2 heterocycles. The molecule has 0 unspecified atom stereocenters.